The Morgan fingerprint density at radius 1 is 1.09 bits per heavy atom. The summed E-state index contributed by atoms with van der Waals surface area (Å²) in [5, 5.41) is 8.51. The molecule has 0 aromatic heterocycles. The van der Waals surface area contributed by atoms with Gasteiger partial charge in [0.15, 0.2) is 0 Å². The molecule has 1 N–H and O–H groups in total. The minimum atomic E-state index is -0.705. The van der Waals surface area contributed by atoms with Gasteiger partial charge in [0, 0.05) is 12.2 Å². The summed E-state index contributed by atoms with van der Waals surface area (Å²) in [7, 11) is 0. The first kappa shape index (κ1) is 22.0. The van der Waals surface area contributed by atoms with Crippen molar-refractivity contribution in [3.05, 3.63) is 36.5 Å². The Morgan fingerprint density at radius 2 is 1.91 bits per heavy atom. The third-order valence-electron chi connectivity index (χ3n) is 3.52. The van der Waals surface area contributed by atoms with Gasteiger partial charge in [-0.25, -0.2) is 0 Å². The first-order valence-electron chi connectivity index (χ1n) is 8.94. The number of allylic oxidation sites excluding steroid dienone is 5. The van der Waals surface area contributed by atoms with Gasteiger partial charge in [0.05, 0.1) is 0 Å². The molecule has 1 atom stereocenters. The van der Waals surface area contributed by atoms with E-state index >= 15 is 0 Å². The van der Waals surface area contributed by atoms with Gasteiger partial charge in [-0.3, -0.25) is 4.79 Å². The molecule has 0 unspecified atom stereocenters. The Bertz CT molecular complexity index is 359. The molecule has 0 radical (unpaired) electrons. The van der Waals surface area contributed by atoms with Crippen molar-refractivity contribution in [3.63, 3.8) is 0 Å². The highest BCUT2D eigenvalue weighted by Crippen LogP contribution is 2.10. The molecule has 0 saturated heterocycles. The smallest absolute Gasteiger partial charge is 0.303 e. The standard InChI is InChI=1S/C20H34O2S/c1-3-4-9-14-19(2)15-10-5-7-12-17-23-18-13-8-6-11-16-20(21)22/h5,7-8,10,13,15,19H,3-4,6,9,11-12,14,16-18H2,1-2H3,(H,21,22)/b7-5-,13-8-,15-10+/t19-/m0/s1. The Hall–Kier alpha value is -0.960. The van der Waals surface area contributed by atoms with Crippen LogP contribution in [-0.4, -0.2) is 22.6 Å². The highest BCUT2D eigenvalue weighted by molar-refractivity contribution is 7.99. The molecule has 0 aliphatic heterocycles. The lowest BCUT2D eigenvalue weighted by molar-refractivity contribution is -0.137. The third-order valence-corrected chi connectivity index (χ3v) is 4.47. The lowest BCUT2D eigenvalue weighted by atomic mass is 10.0. The van der Waals surface area contributed by atoms with Crippen molar-refractivity contribution in [1.29, 1.82) is 0 Å². The zero-order valence-electron chi connectivity index (χ0n) is 14.9. The number of rotatable bonds is 15. The van der Waals surface area contributed by atoms with Gasteiger partial charge in [-0.2, -0.15) is 11.8 Å². The van der Waals surface area contributed by atoms with Crippen LogP contribution < -0.4 is 0 Å². The number of hydrogen-bond acceptors (Lipinski definition) is 2. The fourth-order valence-corrected chi connectivity index (χ4v) is 2.84. The first-order valence-corrected chi connectivity index (χ1v) is 10.1. The second-order valence-electron chi connectivity index (χ2n) is 5.91. The van der Waals surface area contributed by atoms with Gasteiger partial charge in [0.25, 0.3) is 0 Å². The van der Waals surface area contributed by atoms with E-state index in [1.165, 1.54) is 25.7 Å². The summed E-state index contributed by atoms with van der Waals surface area (Å²) in [5.41, 5.74) is 0. The van der Waals surface area contributed by atoms with Gasteiger partial charge in [-0.05, 0) is 37.4 Å². The van der Waals surface area contributed by atoms with E-state index < -0.39 is 5.97 Å². The molecule has 0 heterocycles. The van der Waals surface area contributed by atoms with Gasteiger partial charge in [-0.15, -0.1) is 0 Å². The van der Waals surface area contributed by atoms with Crippen LogP contribution in [0.25, 0.3) is 0 Å². The van der Waals surface area contributed by atoms with Crippen molar-refractivity contribution < 1.29 is 9.90 Å². The first-order chi connectivity index (χ1) is 11.2. The predicted molar refractivity (Wildman–Crippen MR) is 104 cm³/mol. The van der Waals surface area contributed by atoms with Crippen LogP contribution in [0.1, 0.15) is 65.2 Å². The highest BCUT2D eigenvalue weighted by atomic mass is 32.2. The Morgan fingerprint density at radius 3 is 2.65 bits per heavy atom. The largest absolute Gasteiger partial charge is 0.481 e. The number of thioether (sulfide) groups is 1. The Labute approximate surface area is 147 Å². The number of carboxylic acids is 1. The van der Waals surface area contributed by atoms with E-state index in [2.05, 4.69) is 50.3 Å². The number of unbranched alkanes of at least 4 members (excludes halogenated alkanes) is 3. The van der Waals surface area contributed by atoms with Crippen LogP contribution in [0, 0.1) is 5.92 Å². The zero-order chi connectivity index (χ0) is 17.2. The lowest BCUT2D eigenvalue weighted by Gasteiger charge is -2.03. The minimum absolute atomic E-state index is 0.271. The van der Waals surface area contributed by atoms with Crippen LogP contribution in [0.5, 0.6) is 0 Å². The van der Waals surface area contributed by atoms with Crippen LogP contribution in [0.3, 0.4) is 0 Å². The van der Waals surface area contributed by atoms with Crippen LogP contribution in [0.4, 0.5) is 0 Å². The van der Waals surface area contributed by atoms with E-state index in [0.29, 0.717) is 5.92 Å². The van der Waals surface area contributed by atoms with Crippen LogP contribution >= 0.6 is 11.8 Å². The second kappa shape index (κ2) is 17.4. The van der Waals surface area contributed by atoms with Crippen molar-refractivity contribution in [2.75, 3.05) is 11.5 Å². The average Bonchev–Trinajstić information content (AvgIpc) is 2.51. The number of carbonyl (C=O) groups is 1. The number of hydrogen-bond donors (Lipinski definition) is 1. The molecular formula is C20H34O2S. The molecule has 0 bridgehead atoms. The van der Waals surface area contributed by atoms with Crippen molar-refractivity contribution in [2.45, 2.75) is 65.2 Å². The molecule has 0 aromatic carbocycles. The van der Waals surface area contributed by atoms with Crippen LogP contribution in [0.2, 0.25) is 0 Å². The van der Waals surface area contributed by atoms with Crippen LogP contribution in [0.15, 0.2) is 36.5 Å². The van der Waals surface area contributed by atoms with E-state index in [-0.39, 0.29) is 6.42 Å². The Balaban J connectivity index is 3.43. The summed E-state index contributed by atoms with van der Waals surface area (Å²) < 4.78 is 0. The summed E-state index contributed by atoms with van der Waals surface area (Å²) >= 11 is 1.92. The lowest BCUT2D eigenvalue weighted by Crippen LogP contribution is -1.92. The molecule has 3 heteroatoms. The molecule has 0 aromatic rings. The van der Waals surface area contributed by atoms with E-state index in [1.54, 1.807) is 0 Å². The highest BCUT2D eigenvalue weighted by Gasteiger charge is 1.95. The number of aliphatic carboxylic acids is 1. The van der Waals surface area contributed by atoms with Gasteiger partial charge in [0.1, 0.15) is 0 Å². The number of carboxylic acid groups (broad SMARTS) is 1. The third kappa shape index (κ3) is 19.0. The topological polar surface area (TPSA) is 37.3 Å². The van der Waals surface area contributed by atoms with E-state index in [0.717, 1.165) is 30.8 Å². The van der Waals surface area contributed by atoms with Crippen molar-refractivity contribution in [3.8, 4) is 0 Å². The maximum absolute atomic E-state index is 10.3. The molecule has 0 spiro atoms. The summed E-state index contributed by atoms with van der Waals surface area (Å²) in [5.74, 6) is 2.14. The summed E-state index contributed by atoms with van der Waals surface area (Å²) in [6, 6.07) is 0. The van der Waals surface area contributed by atoms with Gasteiger partial charge in [-0.1, -0.05) is 69.6 Å². The quantitative estimate of drug-likeness (QED) is 0.218. The fourth-order valence-electron chi connectivity index (χ4n) is 2.10. The fraction of sp³-hybridized carbons (Fsp3) is 0.650. The zero-order valence-corrected chi connectivity index (χ0v) is 15.7. The normalized spacial score (nSPS) is 13.5. The van der Waals surface area contributed by atoms with Gasteiger partial charge < -0.3 is 5.11 Å². The molecule has 0 fully saturated rings. The summed E-state index contributed by atoms with van der Waals surface area (Å²) in [6.07, 6.45) is 21.4. The van der Waals surface area contributed by atoms with Gasteiger partial charge in [0.2, 0.25) is 0 Å². The van der Waals surface area contributed by atoms with Crippen molar-refractivity contribution in [1.82, 2.24) is 0 Å². The summed E-state index contributed by atoms with van der Waals surface area (Å²) in [6.45, 7) is 4.54. The molecule has 0 aliphatic rings. The van der Waals surface area contributed by atoms with E-state index in [4.69, 9.17) is 5.11 Å². The monoisotopic (exact) mass is 338 g/mol. The van der Waals surface area contributed by atoms with Crippen molar-refractivity contribution >= 4 is 17.7 Å². The Kier molecular flexibility index (Phi) is 16.7. The van der Waals surface area contributed by atoms with Gasteiger partial charge >= 0.3 is 5.97 Å². The SMILES string of the molecule is CCCCC[C@H](C)/C=C/C=C\CCSC/C=C\CCCC(=O)O. The second-order valence-corrected chi connectivity index (χ2v) is 7.06. The van der Waals surface area contributed by atoms with Crippen molar-refractivity contribution in [2.24, 2.45) is 5.92 Å². The maximum Gasteiger partial charge on any atom is 0.303 e. The average molecular weight is 339 g/mol. The molecular weight excluding hydrogens is 304 g/mol. The van der Waals surface area contributed by atoms with Crippen LogP contribution in [-0.2, 0) is 4.79 Å². The predicted octanol–water partition coefficient (Wildman–Crippen LogP) is 6.25. The molecule has 0 aliphatic carbocycles. The minimum Gasteiger partial charge on any atom is -0.481 e. The molecule has 0 rings (SSSR count). The molecule has 2 nitrogen and oxygen atoms in total. The summed E-state index contributed by atoms with van der Waals surface area (Å²) in [4.78, 5) is 10.3. The maximum atomic E-state index is 10.3. The molecule has 23 heavy (non-hydrogen) atoms. The molecule has 0 amide bonds. The van der Waals surface area contributed by atoms with E-state index in [9.17, 15) is 4.79 Å². The van der Waals surface area contributed by atoms with E-state index in [1.807, 2.05) is 11.8 Å². The molecule has 0 saturated carbocycles. The molecule has 132 valence electrons.